The van der Waals surface area contributed by atoms with Crippen molar-refractivity contribution < 1.29 is 43.2 Å². The lowest BCUT2D eigenvalue weighted by atomic mass is 10.1. The van der Waals surface area contributed by atoms with Crippen molar-refractivity contribution in [3.8, 4) is 0 Å². The lowest BCUT2D eigenvalue weighted by Gasteiger charge is -2.23. The SMILES string of the molecule is N#[N+]c1ccc([N+](=O)[O-])c(C(=O)NCCNC2CCC(CC(P(=O)(O)O)P(=O)(O)O)O2)c1. The summed E-state index contributed by atoms with van der Waals surface area (Å²) in [5.41, 5.74) is -0.786. The molecule has 17 heteroatoms. The summed E-state index contributed by atoms with van der Waals surface area (Å²) in [5.74, 6) is -0.764. The second kappa shape index (κ2) is 10.6. The lowest BCUT2D eigenvalue weighted by Crippen LogP contribution is -2.37. The van der Waals surface area contributed by atoms with E-state index >= 15 is 0 Å². The highest BCUT2D eigenvalue weighted by Crippen LogP contribution is 2.62. The number of nitrogens with one attached hydrogen (secondary N) is 2. The van der Waals surface area contributed by atoms with Crippen molar-refractivity contribution in [1.82, 2.24) is 10.6 Å². The molecule has 1 fully saturated rings. The van der Waals surface area contributed by atoms with Crippen LogP contribution in [-0.4, -0.2) is 61.2 Å². The average molecular weight is 494 g/mol. The summed E-state index contributed by atoms with van der Waals surface area (Å²) in [6, 6.07) is 3.27. The van der Waals surface area contributed by atoms with E-state index in [2.05, 4.69) is 15.6 Å². The van der Waals surface area contributed by atoms with Crippen LogP contribution in [0.5, 0.6) is 0 Å². The van der Waals surface area contributed by atoms with Gasteiger partial charge in [0.15, 0.2) is 10.4 Å². The first-order chi connectivity index (χ1) is 14.8. The van der Waals surface area contributed by atoms with E-state index in [4.69, 9.17) is 10.1 Å². The molecule has 0 bridgehead atoms. The Morgan fingerprint density at radius 3 is 2.47 bits per heavy atom. The molecule has 0 aromatic heterocycles. The van der Waals surface area contributed by atoms with Gasteiger partial charge < -0.3 is 29.6 Å². The first kappa shape index (κ1) is 26.0. The molecule has 1 amide bonds. The van der Waals surface area contributed by atoms with Crippen molar-refractivity contribution in [1.29, 1.82) is 5.39 Å². The van der Waals surface area contributed by atoms with Crippen LogP contribution in [0.15, 0.2) is 18.2 Å². The van der Waals surface area contributed by atoms with E-state index in [-0.39, 0.29) is 24.3 Å². The number of benzene rings is 1. The monoisotopic (exact) mass is 494 g/mol. The predicted octanol–water partition coefficient (Wildman–Crippen LogP) is 0.975. The van der Waals surface area contributed by atoms with Crippen LogP contribution in [0.25, 0.3) is 4.98 Å². The van der Waals surface area contributed by atoms with Gasteiger partial charge in [-0.3, -0.25) is 29.4 Å². The summed E-state index contributed by atoms with van der Waals surface area (Å²) in [6.45, 7) is 0.204. The molecule has 0 saturated carbocycles. The van der Waals surface area contributed by atoms with Crippen LogP contribution >= 0.6 is 15.2 Å². The molecule has 1 aliphatic heterocycles. The highest BCUT2D eigenvalue weighted by molar-refractivity contribution is 7.70. The standard InChI is InChI=1S/C15H21N5O10P2/c16-19-9-1-3-12(20(22)23)11(7-9)15(21)18-6-5-17-13-4-2-10(30-13)8-14(31(24,25)26)32(27,28)29/h1,3,7,10,13-14,17H,2,4-6,8H2,(H4-,18,21,24,25,26,27,28,29)/p+1. The molecular weight excluding hydrogens is 472 g/mol. The van der Waals surface area contributed by atoms with E-state index < -0.39 is 55.9 Å². The van der Waals surface area contributed by atoms with Gasteiger partial charge in [0.1, 0.15) is 11.8 Å². The Kier molecular flexibility index (Phi) is 8.58. The Bertz CT molecular complexity index is 981. The summed E-state index contributed by atoms with van der Waals surface area (Å²) in [4.78, 5) is 62.2. The zero-order valence-electron chi connectivity index (χ0n) is 16.5. The van der Waals surface area contributed by atoms with Crippen molar-refractivity contribution >= 4 is 32.5 Å². The Morgan fingerprint density at radius 1 is 1.25 bits per heavy atom. The number of nitro benzene ring substituents is 1. The van der Waals surface area contributed by atoms with Gasteiger partial charge in [-0.15, -0.1) is 0 Å². The van der Waals surface area contributed by atoms with Crippen molar-refractivity contribution in [2.45, 2.75) is 37.0 Å². The van der Waals surface area contributed by atoms with Gasteiger partial charge in [0.05, 0.1) is 17.1 Å². The van der Waals surface area contributed by atoms with Gasteiger partial charge in [0, 0.05) is 25.2 Å². The number of hydrogen-bond donors (Lipinski definition) is 6. The molecule has 2 rings (SSSR count). The molecule has 32 heavy (non-hydrogen) atoms. The Labute approximate surface area is 181 Å². The number of rotatable bonds is 10. The summed E-state index contributed by atoms with van der Waals surface area (Å²) in [6.07, 6.45) is -1.15. The van der Waals surface area contributed by atoms with Crippen LogP contribution in [0.4, 0.5) is 11.4 Å². The molecule has 1 aromatic rings. The smallest absolute Gasteiger partial charge is 0.360 e. The molecule has 0 radical (unpaired) electrons. The van der Waals surface area contributed by atoms with Crippen molar-refractivity contribution in [3.63, 3.8) is 0 Å². The van der Waals surface area contributed by atoms with Gasteiger partial charge in [-0.1, -0.05) is 0 Å². The maximum Gasteiger partial charge on any atom is 0.386 e. The van der Waals surface area contributed by atoms with E-state index in [0.29, 0.717) is 12.8 Å². The third kappa shape index (κ3) is 7.13. The van der Waals surface area contributed by atoms with Crippen LogP contribution < -0.4 is 10.6 Å². The van der Waals surface area contributed by atoms with Gasteiger partial charge in [-0.25, -0.2) is 0 Å². The second-order valence-corrected chi connectivity index (χ2v) is 11.0. The molecule has 6 N–H and O–H groups in total. The molecule has 2 atom stereocenters. The predicted molar refractivity (Wildman–Crippen MR) is 109 cm³/mol. The average Bonchev–Trinajstić information content (AvgIpc) is 3.14. The number of carbonyl (C=O) groups excluding carboxylic acids is 1. The Hall–Kier alpha value is -2.27. The fourth-order valence-corrected chi connectivity index (χ4v) is 5.75. The maximum absolute atomic E-state index is 12.2. The quantitative estimate of drug-likeness (QED) is 0.0877. The fourth-order valence-electron chi connectivity index (χ4n) is 3.17. The molecule has 1 heterocycles. The summed E-state index contributed by atoms with van der Waals surface area (Å²) >= 11 is 0. The number of nitro groups is 1. The van der Waals surface area contributed by atoms with E-state index in [0.717, 1.165) is 12.1 Å². The summed E-state index contributed by atoms with van der Waals surface area (Å²) < 4.78 is 28.3. The van der Waals surface area contributed by atoms with Gasteiger partial charge in [-0.2, -0.15) is 0 Å². The van der Waals surface area contributed by atoms with Crippen LogP contribution in [0.2, 0.25) is 0 Å². The number of carbonyl (C=O) groups is 1. The fraction of sp³-hybridized carbons (Fsp3) is 0.533. The number of hydrogen-bond acceptors (Lipinski definition) is 8. The molecule has 15 nitrogen and oxygen atoms in total. The third-order valence-corrected chi connectivity index (χ3v) is 8.46. The van der Waals surface area contributed by atoms with E-state index in [9.17, 15) is 43.6 Å². The van der Waals surface area contributed by atoms with Crippen LogP contribution in [-0.2, 0) is 13.9 Å². The van der Waals surface area contributed by atoms with E-state index in [1.807, 2.05) is 0 Å². The lowest BCUT2D eigenvalue weighted by molar-refractivity contribution is -0.385. The molecule has 176 valence electrons. The van der Waals surface area contributed by atoms with Crippen LogP contribution in [0.3, 0.4) is 0 Å². The Balaban J connectivity index is 1.84. The first-order valence-corrected chi connectivity index (χ1v) is 12.6. The van der Waals surface area contributed by atoms with E-state index in [1.54, 1.807) is 0 Å². The maximum atomic E-state index is 12.2. The van der Waals surface area contributed by atoms with Crippen LogP contribution in [0.1, 0.15) is 29.6 Å². The molecule has 2 unspecified atom stereocenters. The molecule has 1 saturated heterocycles. The van der Waals surface area contributed by atoms with Gasteiger partial charge >= 0.3 is 20.9 Å². The number of nitrogens with zero attached hydrogens (tertiary/aromatic N) is 3. The van der Waals surface area contributed by atoms with Crippen LogP contribution in [0, 0.1) is 15.5 Å². The van der Waals surface area contributed by atoms with Gasteiger partial charge in [-0.05, 0) is 19.3 Å². The number of ether oxygens (including phenoxy) is 1. The van der Waals surface area contributed by atoms with Gasteiger partial charge in [0.2, 0.25) is 5.39 Å². The highest BCUT2D eigenvalue weighted by Gasteiger charge is 2.45. The molecule has 0 aliphatic carbocycles. The number of amides is 1. The first-order valence-electron chi connectivity index (χ1n) is 9.24. The minimum Gasteiger partial charge on any atom is -0.360 e. The zero-order valence-corrected chi connectivity index (χ0v) is 18.3. The summed E-state index contributed by atoms with van der Waals surface area (Å²) in [7, 11) is -10.1. The molecule has 1 aliphatic rings. The third-order valence-electron chi connectivity index (χ3n) is 4.68. The zero-order chi connectivity index (χ0) is 24.1. The topological polar surface area (TPSA) is 237 Å². The molecule has 1 aromatic carbocycles. The second-order valence-electron chi connectivity index (χ2n) is 6.99. The van der Waals surface area contributed by atoms with Crippen molar-refractivity contribution in [2.75, 3.05) is 13.1 Å². The van der Waals surface area contributed by atoms with Crippen molar-refractivity contribution in [3.05, 3.63) is 38.9 Å². The normalized spacial score (nSPS) is 19.0. The Morgan fingerprint density at radius 2 is 1.91 bits per heavy atom. The summed E-state index contributed by atoms with van der Waals surface area (Å²) in [5, 5.41) is 23.1. The van der Waals surface area contributed by atoms with E-state index in [1.165, 1.54) is 6.07 Å². The minimum absolute atomic E-state index is 0.0341. The highest BCUT2D eigenvalue weighted by atomic mass is 31.2. The van der Waals surface area contributed by atoms with Crippen molar-refractivity contribution in [2.24, 2.45) is 0 Å². The largest absolute Gasteiger partial charge is 0.386 e. The van der Waals surface area contributed by atoms with Gasteiger partial charge in [0.25, 0.3) is 11.6 Å². The molecular formula is C15H22N5O10P2+. The number of diazo groups is 1. The molecule has 0 spiro atoms. The minimum atomic E-state index is -5.03.